The Morgan fingerprint density at radius 3 is 2.19 bits per heavy atom. The predicted molar refractivity (Wildman–Crippen MR) is 123 cm³/mol. The van der Waals surface area contributed by atoms with Crippen LogP contribution < -0.4 is 5.32 Å². The zero-order valence-corrected chi connectivity index (χ0v) is 21.0. The van der Waals surface area contributed by atoms with Gasteiger partial charge in [0, 0.05) is 20.4 Å². The van der Waals surface area contributed by atoms with Gasteiger partial charge >= 0.3 is 31.8 Å². The summed E-state index contributed by atoms with van der Waals surface area (Å²) in [7, 11) is -4.41. The molecule has 13 nitrogen and oxygen atoms in total. The second-order valence-corrected chi connectivity index (χ2v) is 9.56. The van der Waals surface area contributed by atoms with Crippen LogP contribution >= 0.6 is 7.82 Å². The van der Waals surface area contributed by atoms with E-state index < -0.39 is 57.4 Å². The minimum Gasteiger partial charge on any atom is -0.480 e. The molecule has 1 aliphatic rings. The molecular weight excluding hydrogens is 499 g/mol. The molecule has 14 heteroatoms. The minimum absolute atomic E-state index is 0.242. The number of hydrogen-bond acceptors (Lipinski definition) is 10. The minimum atomic E-state index is -4.41. The molecule has 2 N–H and O–H groups in total. The van der Waals surface area contributed by atoms with E-state index >= 15 is 0 Å². The monoisotopic (exact) mass is 530 g/mol. The molecule has 1 heterocycles. The Bertz CT molecular complexity index is 919. The number of ether oxygens (including phenoxy) is 2. The largest absolute Gasteiger partial charge is 0.480 e. The maximum atomic E-state index is 13.0. The topological polar surface area (TPSA) is 167 Å². The Hall–Kier alpha value is -2.99. The van der Waals surface area contributed by atoms with Crippen molar-refractivity contribution in [1.82, 2.24) is 10.2 Å². The van der Waals surface area contributed by atoms with Gasteiger partial charge in [0.15, 0.2) is 0 Å². The van der Waals surface area contributed by atoms with Crippen molar-refractivity contribution in [3.8, 4) is 0 Å². The lowest BCUT2D eigenvalue weighted by Crippen LogP contribution is -2.54. The number of benzene rings is 1. The van der Waals surface area contributed by atoms with E-state index in [1.165, 1.54) is 4.90 Å². The molecule has 2 atom stereocenters. The number of rotatable bonds is 13. The van der Waals surface area contributed by atoms with E-state index in [0.29, 0.717) is 19.3 Å². The van der Waals surface area contributed by atoms with Gasteiger partial charge in [-0.2, -0.15) is 0 Å². The van der Waals surface area contributed by atoms with E-state index in [2.05, 4.69) is 14.8 Å². The molecule has 2 rings (SSSR count). The zero-order valence-electron chi connectivity index (χ0n) is 20.1. The number of amides is 2. The second kappa shape index (κ2) is 14.5. The molecule has 0 spiro atoms. The second-order valence-electron chi connectivity index (χ2n) is 7.89. The van der Waals surface area contributed by atoms with E-state index in [1.54, 1.807) is 12.1 Å². The summed E-state index contributed by atoms with van der Waals surface area (Å²) in [5, 5.41) is 12.2. The third kappa shape index (κ3) is 10.3. The molecule has 0 radical (unpaired) electrons. The number of carboxylic acid groups (broad SMARTS) is 1. The molecule has 2 amide bonds. The number of likely N-dealkylation sites (tertiary alicyclic amines) is 1. The summed E-state index contributed by atoms with van der Waals surface area (Å²) in [6, 6.07) is 6.70. The fourth-order valence-electron chi connectivity index (χ4n) is 3.38. The van der Waals surface area contributed by atoms with Crippen LogP contribution in [0.15, 0.2) is 30.3 Å². The Morgan fingerprint density at radius 1 is 1.03 bits per heavy atom. The number of carbonyl (C=O) groups excluding carboxylic acids is 3. The molecule has 0 saturated carbocycles. The normalized spacial score (nSPS) is 16.6. The van der Waals surface area contributed by atoms with Gasteiger partial charge in [-0.25, -0.2) is 23.2 Å². The van der Waals surface area contributed by atoms with E-state index in [0.717, 1.165) is 19.4 Å². The highest BCUT2D eigenvalue weighted by Crippen LogP contribution is 2.49. The summed E-state index contributed by atoms with van der Waals surface area (Å²) in [5.41, 5.74) is 0.816. The van der Waals surface area contributed by atoms with Gasteiger partial charge in [0.05, 0.1) is 12.6 Å². The Labute approximate surface area is 208 Å². The standard InChI is InChI=1S/C22H31N2O11P/c1-16(25)31-14-34-36(30,35-15-32-17(2)26)33-13-19(12-18-8-4-3-5-9-18)23-22(29)24-11-7-6-10-20(24)21(27)28/h3-5,8-9,19-20H,6-7,10-15H2,1-2H3,(H,23,29)(H,27,28)/t19-,20+/m1/s1. The molecule has 200 valence electrons. The summed E-state index contributed by atoms with van der Waals surface area (Å²) >= 11 is 0. The number of nitrogens with zero attached hydrogens (tertiary/aromatic N) is 1. The van der Waals surface area contributed by atoms with Crippen molar-refractivity contribution in [1.29, 1.82) is 0 Å². The van der Waals surface area contributed by atoms with Gasteiger partial charge in [-0.3, -0.25) is 14.1 Å². The van der Waals surface area contributed by atoms with Crippen LogP contribution in [0.25, 0.3) is 0 Å². The van der Waals surface area contributed by atoms with Crippen LogP contribution in [-0.4, -0.2) is 72.8 Å². The predicted octanol–water partition coefficient (Wildman–Crippen LogP) is 2.45. The van der Waals surface area contributed by atoms with Gasteiger partial charge in [0.2, 0.25) is 13.6 Å². The van der Waals surface area contributed by atoms with E-state index in [1.807, 2.05) is 18.2 Å². The number of nitrogens with one attached hydrogen (secondary N) is 1. The van der Waals surface area contributed by atoms with Gasteiger partial charge in [-0.1, -0.05) is 30.3 Å². The highest BCUT2D eigenvalue weighted by molar-refractivity contribution is 7.48. The van der Waals surface area contributed by atoms with Gasteiger partial charge < -0.3 is 24.8 Å². The Kier molecular flexibility index (Phi) is 11.8. The first-order valence-corrected chi connectivity index (χ1v) is 12.7. The molecule has 36 heavy (non-hydrogen) atoms. The molecule has 0 aromatic heterocycles. The van der Waals surface area contributed by atoms with Crippen molar-refractivity contribution < 1.29 is 51.9 Å². The summed E-state index contributed by atoms with van der Waals surface area (Å²) in [5.74, 6) is -2.50. The number of piperidine rings is 1. The van der Waals surface area contributed by atoms with E-state index in [4.69, 9.17) is 13.6 Å². The average molecular weight is 530 g/mol. The maximum absolute atomic E-state index is 13.0. The van der Waals surface area contributed by atoms with Crippen LogP contribution in [0.2, 0.25) is 0 Å². The fourth-order valence-corrected chi connectivity index (χ4v) is 4.33. The average Bonchev–Trinajstić information content (AvgIpc) is 2.82. The van der Waals surface area contributed by atoms with Gasteiger partial charge in [0.25, 0.3) is 0 Å². The summed E-state index contributed by atoms with van der Waals surface area (Å²) < 4.78 is 37.5. The van der Waals surface area contributed by atoms with E-state index in [9.17, 15) is 28.8 Å². The summed E-state index contributed by atoms with van der Waals surface area (Å²) in [6.45, 7) is 0.615. The number of aliphatic carboxylic acids is 1. The lowest BCUT2D eigenvalue weighted by atomic mass is 10.0. The molecule has 0 bridgehead atoms. The third-order valence-electron chi connectivity index (χ3n) is 5.08. The number of urea groups is 1. The molecule has 0 aliphatic carbocycles. The molecule has 1 saturated heterocycles. The van der Waals surface area contributed by atoms with Crippen LogP contribution in [0.1, 0.15) is 38.7 Å². The molecule has 1 aromatic carbocycles. The van der Waals surface area contributed by atoms with Crippen molar-refractivity contribution in [3.05, 3.63) is 35.9 Å². The van der Waals surface area contributed by atoms with Crippen molar-refractivity contribution >= 4 is 31.8 Å². The zero-order chi connectivity index (χ0) is 26.6. The lowest BCUT2D eigenvalue weighted by molar-refractivity contribution is -0.151. The van der Waals surface area contributed by atoms with Crippen molar-refractivity contribution in [3.63, 3.8) is 0 Å². The number of phosphoric acid groups is 1. The number of carbonyl (C=O) groups is 4. The summed E-state index contributed by atoms with van der Waals surface area (Å²) in [4.78, 5) is 47.9. The number of hydrogen-bond donors (Lipinski definition) is 2. The molecular formula is C22H31N2O11P. The first-order valence-electron chi connectivity index (χ1n) is 11.2. The molecule has 1 fully saturated rings. The third-order valence-corrected chi connectivity index (χ3v) is 6.39. The summed E-state index contributed by atoms with van der Waals surface area (Å²) in [6.07, 6.45) is 1.94. The fraction of sp³-hybridized carbons (Fsp3) is 0.545. The van der Waals surface area contributed by atoms with E-state index in [-0.39, 0.29) is 19.6 Å². The van der Waals surface area contributed by atoms with Crippen LogP contribution in [0.3, 0.4) is 0 Å². The molecule has 0 unspecified atom stereocenters. The van der Waals surface area contributed by atoms with Crippen LogP contribution in [-0.2, 0) is 48.4 Å². The molecule has 1 aromatic rings. The maximum Gasteiger partial charge on any atom is 0.480 e. The van der Waals surface area contributed by atoms with Gasteiger partial charge in [-0.05, 0) is 31.2 Å². The highest BCUT2D eigenvalue weighted by Gasteiger charge is 2.34. The lowest BCUT2D eigenvalue weighted by Gasteiger charge is -2.34. The van der Waals surface area contributed by atoms with Crippen molar-refractivity contribution in [2.75, 3.05) is 26.7 Å². The van der Waals surface area contributed by atoms with Gasteiger partial charge in [-0.15, -0.1) is 0 Å². The number of carboxylic acids is 1. The number of esters is 2. The van der Waals surface area contributed by atoms with Crippen LogP contribution in [0.5, 0.6) is 0 Å². The molecule has 1 aliphatic heterocycles. The van der Waals surface area contributed by atoms with Crippen LogP contribution in [0.4, 0.5) is 4.79 Å². The first-order chi connectivity index (χ1) is 17.1. The quantitative estimate of drug-likeness (QED) is 0.218. The van der Waals surface area contributed by atoms with Gasteiger partial charge in [0.1, 0.15) is 6.04 Å². The highest BCUT2D eigenvalue weighted by atomic mass is 31.2. The van der Waals surface area contributed by atoms with Crippen molar-refractivity contribution in [2.24, 2.45) is 0 Å². The Morgan fingerprint density at radius 2 is 1.64 bits per heavy atom. The number of phosphoric ester groups is 1. The van der Waals surface area contributed by atoms with Crippen molar-refractivity contribution in [2.45, 2.75) is 51.6 Å². The smallest absolute Gasteiger partial charge is 0.480 e. The first kappa shape index (κ1) is 29.2. The Balaban J connectivity index is 2.13. The van der Waals surface area contributed by atoms with Crippen LogP contribution in [0, 0.1) is 0 Å². The SMILES string of the molecule is CC(=O)OCOP(=O)(OCOC(C)=O)OC[C@@H](Cc1ccccc1)NC(=O)N1CCCC[C@H]1C(=O)O.